The second-order valence-corrected chi connectivity index (χ2v) is 4.13. The van der Waals surface area contributed by atoms with Crippen molar-refractivity contribution in [3.05, 3.63) is 47.7 Å². The zero-order valence-electron chi connectivity index (χ0n) is 9.27. The van der Waals surface area contributed by atoms with Gasteiger partial charge in [-0.15, -0.1) is 11.6 Å². The fraction of sp³-hybridized carbons (Fsp3) is 0.167. The molecule has 2 aromatic rings. The number of benzene rings is 1. The first-order chi connectivity index (χ1) is 8.18. The van der Waals surface area contributed by atoms with Gasteiger partial charge in [0.25, 0.3) is 0 Å². The number of halogens is 1. The summed E-state index contributed by atoms with van der Waals surface area (Å²) in [6.45, 7) is 1.85. The summed E-state index contributed by atoms with van der Waals surface area (Å²) in [5, 5.41) is 8.52. The monoisotopic (exact) mass is 249 g/mol. The number of aryl methyl sites for hydroxylation is 1. The summed E-state index contributed by atoms with van der Waals surface area (Å²) in [6, 6.07) is 9.21. The molecule has 2 N–H and O–H groups in total. The molecule has 0 fully saturated rings. The maximum absolute atomic E-state index is 11.9. The van der Waals surface area contributed by atoms with Crippen LogP contribution in [0.15, 0.2) is 36.5 Å². The van der Waals surface area contributed by atoms with E-state index in [4.69, 9.17) is 11.6 Å². The molecule has 0 aliphatic rings. The van der Waals surface area contributed by atoms with Crippen LogP contribution in [0.25, 0.3) is 0 Å². The molecule has 1 amide bonds. The number of rotatable bonds is 3. The summed E-state index contributed by atoms with van der Waals surface area (Å²) in [6.07, 6.45) is 1.64. The average Bonchev–Trinajstić information content (AvgIpc) is 2.75. The molecule has 0 aliphatic carbocycles. The highest BCUT2D eigenvalue weighted by atomic mass is 35.5. The third kappa shape index (κ3) is 2.65. The predicted molar refractivity (Wildman–Crippen MR) is 67.0 cm³/mol. The molecule has 1 unspecified atom stereocenters. The zero-order valence-corrected chi connectivity index (χ0v) is 10.0. The van der Waals surface area contributed by atoms with E-state index in [1.807, 2.05) is 37.3 Å². The van der Waals surface area contributed by atoms with Gasteiger partial charge in [-0.3, -0.25) is 9.89 Å². The highest BCUT2D eigenvalue weighted by Gasteiger charge is 2.18. The van der Waals surface area contributed by atoms with Crippen molar-refractivity contribution < 1.29 is 4.79 Å². The first kappa shape index (κ1) is 11.7. The van der Waals surface area contributed by atoms with Crippen molar-refractivity contribution in [3.63, 3.8) is 0 Å². The van der Waals surface area contributed by atoms with Crippen LogP contribution in [0.1, 0.15) is 16.5 Å². The van der Waals surface area contributed by atoms with Gasteiger partial charge in [-0.1, -0.05) is 30.3 Å². The van der Waals surface area contributed by atoms with Crippen LogP contribution in [-0.4, -0.2) is 16.1 Å². The number of aromatic nitrogens is 2. The molecule has 1 heterocycles. The van der Waals surface area contributed by atoms with Crippen LogP contribution in [0.2, 0.25) is 0 Å². The van der Waals surface area contributed by atoms with Gasteiger partial charge in [0, 0.05) is 5.56 Å². The van der Waals surface area contributed by atoms with E-state index >= 15 is 0 Å². The molecule has 0 radical (unpaired) electrons. The van der Waals surface area contributed by atoms with Gasteiger partial charge in [-0.25, -0.2) is 0 Å². The second-order valence-electron chi connectivity index (χ2n) is 3.69. The van der Waals surface area contributed by atoms with Gasteiger partial charge in [0.1, 0.15) is 11.2 Å². The van der Waals surface area contributed by atoms with E-state index in [-0.39, 0.29) is 5.91 Å². The molecule has 0 aliphatic heterocycles. The van der Waals surface area contributed by atoms with Crippen molar-refractivity contribution >= 4 is 23.3 Å². The van der Waals surface area contributed by atoms with E-state index in [0.717, 1.165) is 11.1 Å². The Hall–Kier alpha value is -1.81. The molecule has 0 spiro atoms. The fourth-order valence-corrected chi connectivity index (χ4v) is 1.63. The van der Waals surface area contributed by atoms with Gasteiger partial charge in [-0.05, 0) is 12.5 Å². The molecule has 88 valence electrons. The quantitative estimate of drug-likeness (QED) is 0.822. The van der Waals surface area contributed by atoms with Crippen molar-refractivity contribution in [2.24, 2.45) is 0 Å². The Bertz CT molecular complexity index is 509. The van der Waals surface area contributed by atoms with E-state index in [1.165, 1.54) is 0 Å². The van der Waals surface area contributed by atoms with Crippen LogP contribution < -0.4 is 5.32 Å². The maximum Gasteiger partial charge on any atom is 0.248 e. The molecule has 4 nitrogen and oxygen atoms in total. The van der Waals surface area contributed by atoms with Gasteiger partial charge in [0.05, 0.1) is 6.20 Å². The SMILES string of the molecule is Cc1cn[nH]c1NC(=O)C(Cl)c1ccccc1. The molecular formula is C12H12ClN3O. The zero-order chi connectivity index (χ0) is 12.3. The number of amides is 1. The Morgan fingerprint density at radius 2 is 2.12 bits per heavy atom. The molecular weight excluding hydrogens is 238 g/mol. The highest BCUT2D eigenvalue weighted by molar-refractivity contribution is 6.32. The maximum atomic E-state index is 11.9. The lowest BCUT2D eigenvalue weighted by Gasteiger charge is -2.09. The van der Waals surface area contributed by atoms with E-state index in [2.05, 4.69) is 15.5 Å². The molecule has 1 aromatic carbocycles. The van der Waals surface area contributed by atoms with Crippen LogP contribution >= 0.6 is 11.6 Å². The third-order valence-electron chi connectivity index (χ3n) is 2.40. The Kier molecular flexibility index (Phi) is 3.44. The number of aromatic amines is 1. The fourth-order valence-electron chi connectivity index (χ4n) is 1.43. The van der Waals surface area contributed by atoms with Gasteiger partial charge < -0.3 is 5.32 Å². The van der Waals surface area contributed by atoms with Crippen molar-refractivity contribution in [2.45, 2.75) is 12.3 Å². The normalized spacial score (nSPS) is 12.1. The number of nitrogens with zero attached hydrogens (tertiary/aromatic N) is 1. The molecule has 1 aromatic heterocycles. The van der Waals surface area contributed by atoms with Crippen molar-refractivity contribution in [2.75, 3.05) is 5.32 Å². The number of nitrogens with one attached hydrogen (secondary N) is 2. The van der Waals surface area contributed by atoms with Crippen LogP contribution in [0.5, 0.6) is 0 Å². The first-order valence-electron chi connectivity index (χ1n) is 5.18. The molecule has 5 heteroatoms. The van der Waals surface area contributed by atoms with Crippen LogP contribution in [-0.2, 0) is 4.79 Å². The summed E-state index contributed by atoms with van der Waals surface area (Å²) < 4.78 is 0. The Balaban J connectivity index is 2.09. The average molecular weight is 250 g/mol. The van der Waals surface area contributed by atoms with Crippen molar-refractivity contribution in [3.8, 4) is 0 Å². The number of carbonyl (C=O) groups excluding carboxylic acids is 1. The lowest BCUT2D eigenvalue weighted by molar-refractivity contribution is -0.116. The Morgan fingerprint density at radius 1 is 1.41 bits per heavy atom. The first-order valence-corrected chi connectivity index (χ1v) is 5.62. The molecule has 2 rings (SSSR count). The van der Waals surface area contributed by atoms with Crippen LogP contribution in [0.3, 0.4) is 0 Å². The number of hydrogen-bond donors (Lipinski definition) is 2. The molecule has 0 saturated heterocycles. The van der Waals surface area contributed by atoms with E-state index in [0.29, 0.717) is 5.82 Å². The van der Waals surface area contributed by atoms with Crippen LogP contribution in [0.4, 0.5) is 5.82 Å². The highest BCUT2D eigenvalue weighted by Crippen LogP contribution is 2.22. The standard InChI is InChI=1S/C12H12ClN3O/c1-8-7-14-16-11(8)15-12(17)10(13)9-5-3-2-4-6-9/h2-7,10H,1H3,(H2,14,15,16,17). The largest absolute Gasteiger partial charge is 0.309 e. The second kappa shape index (κ2) is 5.01. The summed E-state index contributed by atoms with van der Waals surface area (Å²) in [4.78, 5) is 11.9. The minimum absolute atomic E-state index is 0.273. The van der Waals surface area contributed by atoms with E-state index in [9.17, 15) is 4.79 Å². The molecule has 0 saturated carbocycles. The predicted octanol–water partition coefficient (Wildman–Crippen LogP) is 2.64. The summed E-state index contributed by atoms with van der Waals surface area (Å²) >= 11 is 6.08. The minimum atomic E-state index is -0.709. The van der Waals surface area contributed by atoms with Gasteiger partial charge in [0.2, 0.25) is 5.91 Å². The van der Waals surface area contributed by atoms with E-state index < -0.39 is 5.38 Å². The Morgan fingerprint density at radius 3 is 2.71 bits per heavy atom. The minimum Gasteiger partial charge on any atom is -0.309 e. The lowest BCUT2D eigenvalue weighted by Crippen LogP contribution is -2.18. The molecule has 1 atom stereocenters. The van der Waals surface area contributed by atoms with Gasteiger partial charge in [-0.2, -0.15) is 5.10 Å². The Labute approximate surface area is 104 Å². The lowest BCUT2D eigenvalue weighted by atomic mass is 10.1. The summed E-state index contributed by atoms with van der Waals surface area (Å²) in [7, 11) is 0. The molecule has 0 bridgehead atoms. The number of alkyl halides is 1. The van der Waals surface area contributed by atoms with Crippen molar-refractivity contribution in [1.29, 1.82) is 0 Å². The topological polar surface area (TPSA) is 57.8 Å². The number of H-pyrrole nitrogens is 1. The number of anilines is 1. The van der Waals surface area contributed by atoms with Gasteiger partial charge in [0.15, 0.2) is 0 Å². The molecule has 17 heavy (non-hydrogen) atoms. The summed E-state index contributed by atoms with van der Waals surface area (Å²) in [5.74, 6) is 0.307. The van der Waals surface area contributed by atoms with Crippen LogP contribution in [0, 0.1) is 6.92 Å². The van der Waals surface area contributed by atoms with Gasteiger partial charge >= 0.3 is 0 Å². The number of hydrogen-bond acceptors (Lipinski definition) is 2. The van der Waals surface area contributed by atoms with E-state index in [1.54, 1.807) is 6.20 Å². The summed E-state index contributed by atoms with van der Waals surface area (Å²) in [5.41, 5.74) is 1.64. The number of carbonyl (C=O) groups is 1. The smallest absolute Gasteiger partial charge is 0.248 e. The third-order valence-corrected chi connectivity index (χ3v) is 2.85. The van der Waals surface area contributed by atoms with Crippen molar-refractivity contribution in [1.82, 2.24) is 10.2 Å².